The smallest absolute Gasteiger partial charge is 0.246 e. The number of carbonyl (C=O) groups excluding carboxylic acids is 1. The van der Waals surface area contributed by atoms with Crippen LogP contribution in [0, 0.1) is 5.92 Å². The maximum absolute atomic E-state index is 11.7. The van der Waals surface area contributed by atoms with Gasteiger partial charge in [-0.1, -0.05) is 22.9 Å². The average Bonchev–Trinajstić information content (AvgIpc) is 2.33. The molecule has 18 heavy (non-hydrogen) atoms. The topological polar surface area (TPSA) is 38.3 Å². The highest BCUT2D eigenvalue weighted by atomic mass is 79.9. The summed E-state index contributed by atoms with van der Waals surface area (Å²) in [4.78, 5) is 12.9. The van der Waals surface area contributed by atoms with E-state index in [1.54, 1.807) is 0 Å². The van der Waals surface area contributed by atoms with E-state index in [1.807, 2.05) is 17.8 Å². The van der Waals surface area contributed by atoms with Crippen molar-refractivity contribution < 1.29 is 9.53 Å². The van der Waals surface area contributed by atoms with Gasteiger partial charge < -0.3 is 10.1 Å². The standard InChI is InChI=1S/C13H16BrNO2S/c1-8-7-18-11-4-3-9(14)5-10(11)13(8)15-12(16)6-17-2/h3-5,8,13H,6-7H2,1-2H3,(H,15,16)/t8-,13+/m0/s1. The first-order valence-electron chi connectivity index (χ1n) is 5.82. The minimum atomic E-state index is -0.0628. The molecule has 0 bridgehead atoms. The van der Waals surface area contributed by atoms with E-state index >= 15 is 0 Å². The number of hydrogen-bond donors (Lipinski definition) is 1. The highest BCUT2D eigenvalue weighted by molar-refractivity contribution is 9.10. The fraction of sp³-hybridized carbons (Fsp3) is 0.462. The van der Waals surface area contributed by atoms with E-state index < -0.39 is 0 Å². The lowest BCUT2D eigenvalue weighted by Crippen LogP contribution is -2.37. The number of amides is 1. The highest BCUT2D eigenvalue weighted by Crippen LogP contribution is 2.40. The summed E-state index contributed by atoms with van der Waals surface area (Å²) in [6.45, 7) is 2.27. The summed E-state index contributed by atoms with van der Waals surface area (Å²) in [5.74, 6) is 1.37. The van der Waals surface area contributed by atoms with Gasteiger partial charge in [0.2, 0.25) is 5.91 Å². The number of ether oxygens (including phenoxy) is 1. The molecule has 98 valence electrons. The second-order valence-electron chi connectivity index (χ2n) is 4.45. The van der Waals surface area contributed by atoms with Crippen molar-refractivity contribution >= 4 is 33.6 Å². The van der Waals surface area contributed by atoms with Crippen LogP contribution in [0.2, 0.25) is 0 Å². The van der Waals surface area contributed by atoms with Crippen molar-refractivity contribution in [3.05, 3.63) is 28.2 Å². The van der Waals surface area contributed by atoms with Crippen molar-refractivity contribution in [2.24, 2.45) is 5.92 Å². The van der Waals surface area contributed by atoms with E-state index in [4.69, 9.17) is 4.74 Å². The third-order valence-corrected chi connectivity index (χ3v) is 4.84. The Morgan fingerprint density at radius 1 is 1.61 bits per heavy atom. The molecular formula is C13H16BrNO2S. The van der Waals surface area contributed by atoms with Gasteiger partial charge in [0, 0.05) is 22.2 Å². The molecule has 2 rings (SSSR count). The summed E-state index contributed by atoms with van der Waals surface area (Å²) >= 11 is 5.33. The molecule has 0 saturated heterocycles. The Hall–Kier alpha value is -0.520. The molecule has 2 atom stereocenters. The minimum absolute atomic E-state index is 0.0628. The van der Waals surface area contributed by atoms with Crippen LogP contribution in [0.5, 0.6) is 0 Å². The molecule has 5 heteroatoms. The first-order valence-corrected chi connectivity index (χ1v) is 7.60. The molecule has 0 fully saturated rings. The van der Waals surface area contributed by atoms with E-state index in [0.717, 1.165) is 10.2 Å². The van der Waals surface area contributed by atoms with Crippen LogP contribution in [-0.2, 0) is 9.53 Å². The van der Waals surface area contributed by atoms with Crippen LogP contribution >= 0.6 is 27.7 Å². The average molecular weight is 330 g/mol. The van der Waals surface area contributed by atoms with Gasteiger partial charge in [0.15, 0.2) is 0 Å². The van der Waals surface area contributed by atoms with Crippen molar-refractivity contribution in [1.82, 2.24) is 5.32 Å². The van der Waals surface area contributed by atoms with Gasteiger partial charge in [-0.2, -0.15) is 0 Å². The third-order valence-electron chi connectivity index (χ3n) is 2.97. The molecule has 0 spiro atoms. The zero-order valence-corrected chi connectivity index (χ0v) is 12.8. The fourth-order valence-electron chi connectivity index (χ4n) is 2.08. The third kappa shape index (κ3) is 3.08. The van der Waals surface area contributed by atoms with E-state index in [-0.39, 0.29) is 18.6 Å². The van der Waals surface area contributed by atoms with Crippen LogP contribution in [0.25, 0.3) is 0 Å². The van der Waals surface area contributed by atoms with Gasteiger partial charge >= 0.3 is 0 Å². The van der Waals surface area contributed by atoms with Crippen molar-refractivity contribution in [3.8, 4) is 0 Å². The largest absolute Gasteiger partial charge is 0.375 e. The Balaban J connectivity index is 2.24. The molecule has 1 amide bonds. The van der Waals surface area contributed by atoms with Gasteiger partial charge in [-0.05, 0) is 29.7 Å². The van der Waals surface area contributed by atoms with Gasteiger partial charge in [-0.15, -0.1) is 11.8 Å². The van der Waals surface area contributed by atoms with Gasteiger partial charge in [-0.25, -0.2) is 0 Å². The van der Waals surface area contributed by atoms with Gasteiger partial charge in [0.25, 0.3) is 0 Å². The number of carbonyl (C=O) groups is 1. The lowest BCUT2D eigenvalue weighted by Gasteiger charge is -2.31. The predicted octanol–water partition coefficient (Wildman–Crippen LogP) is 2.99. The van der Waals surface area contributed by atoms with Crippen molar-refractivity contribution in [2.75, 3.05) is 19.5 Å². The first kappa shape index (κ1) is 13.9. The van der Waals surface area contributed by atoms with E-state index in [2.05, 4.69) is 40.3 Å². The molecule has 1 aliphatic rings. The summed E-state index contributed by atoms with van der Waals surface area (Å²) in [6, 6.07) is 6.30. The molecule has 3 nitrogen and oxygen atoms in total. The highest BCUT2D eigenvalue weighted by Gasteiger charge is 2.28. The molecule has 0 unspecified atom stereocenters. The Morgan fingerprint density at radius 2 is 2.39 bits per heavy atom. The Morgan fingerprint density at radius 3 is 3.11 bits per heavy atom. The quantitative estimate of drug-likeness (QED) is 0.926. The molecular weight excluding hydrogens is 314 g/mol. The number of rotatable bonds is 3. The molecule has 1 aromatic carbocycles. The van der Waals surface area contributed by atoms with E-state index in [9.17, 15) is 4.79 Å². The molecule has 0 aliphatic carbocycles. The summed E-state index contributed by atoms with van der Waals surface area (Å²) in [7, 11) is 1.53. The second kappa shape index (κ2) is 6.08. The van der Waals surface area contributed by atoms with Crippen LogP contribution < -0.4 is 5.32 Å². The molecule has 1 aliphatic heterocycles. The zero-order valence-electron chi connectivity index (χ0n) is 10.4. The minimum Gasteiger partial charge on any atom is -0.375 e. The Kier molecular flexibility index (Phi) is 4.70. The second-order valence-corrected chi connectivity index (χ2v) is 6.43. The molecule has 0 aromatic heterocycles. The van der Waals surface area contributed by atoms with Gasteiger partial charge in [0.05, 0.1) is 6.04 Å². The zero-order chi connectivity index (χ0) is 13.1. The molecule has 1 N–H and O–H groups in total. The van der Waals surface area contributed by atoms with E-state index in [1.165, 1.54) is 17.6 Å². The normalized spacial score (nSPS) is 22.4. The van der Waals surface area contributed by atoms with Gasteiger partial charge in [-0.3, -0.25) is 4.79 Å². The van der Waals surface area contributed by atoms with Gasteiger partial charge in [0.1, 0.15) is 6.61 Å². The molecule has 0 radical (unpaired) electrons. The fourth-order valence-corrected chi connectivity index (χ4v) is 3.61. The SMILES string of the molecule is COCC(=O)N[C@H]1c2cc(Br)ccc2SC[C@@H]1C. The summed E-state index contributed by atoms with van der Waals surface area (Å²) in [6.07, 6.45) is 0. The monoisotopic (exact) mass is 329 g/mol. The number of methoxy groups -OCH3 is 1. The maximum Gasteiger partial charge on any atom is 0.246 e. The lowest BCUT2D eigenvalue weighted by atomic mass is 9.95. The maximum atomic E-state index is 11.7. The van der Waals surface area contributed by atoms with Crippen LogP contribution in [0.15, 0.2) is 27.6 Å². The van der Waals surface area contributed by atoms with Crippen LogP contribution in [0.4, 0.5) is 0 Å². The lowest BCUT2D eigenvalue weighted by molar-refractivity contribution is -0.125. The molecule has 0 saturated carbocycles. The van der Waals surface area contributed by atoms with Crippen molar-refractivity contribution in [2.45, 2.75) is 17.9 Å². The van der Waals surface area contributed by atoms with E-state index in [0.29, 0.717) is 5.92 Å². The number of fused-ring (bicyclic) bond motifs is 1. The molecule has 1 heterocycles. The first-order chi connectivity index (χ1) is 8.61. The Labute approximate surface area is 120 Å². The summed E-state index contributed by atoms with van der Waals surface area (Å²) in [5, 5.41) is 3.05. The van der Waals surface area contributed by atoms with Crippen LogP contribution in [0.3, 0.4) is 0 Å². The van der Waals surface area contributed by atoms with Crippen LogP contribution in [0.1, 0.15) is 18.5 Å². The van der Waals surface area contributed by atoms with Crippen LogP contribution in [-0.4, -0.2) is 25.4 Å². The number of hydrogen-bond acceptors (Lipinski definition) is 3. The number of thioether (sulfide) groups is 1. The van der Waals surface area contributed by atoms with Crippen molar-refractivity contribution in [3.63, 3.8) is 0 Å². The number of nitrogens with one attached hydrogen (secondary N) is 1. The number of benzene rings is 1. The summed E-state index contributed by atoms with van der Waals surface area (Å²) in [5.41, 5.74) is 1.19. The molecule has 1 aromatic rings. The Bertz CT molecular complexity index is 453. The summed E-state index contributed by atoms with van der Waals surface area (Å²) < 4.78 is 5.91. The number of halogens is 1. The predicted molar refractivity (Wildman–Crippen MR) is 76.8 cm³/mol. The van der Waals surface area contributed by atoms with Crippen molar-refractivity contribution in [1.29, 1.82) is 0 Å².